The van der Waals surface area contributed by atoms with Gasteiger partial charge in [0.2, 0.25) is 0 Å². The van der Waals surface area contributed by atoms with Crippen LogP contribution in [0.2, 0.25) is 0 Å². The molecule has 1 amide bonds. The van der Waals surface area contributed by atoms with Crippen molar-refractivity contribution in [1.29, 1.82) is 0 Å². The van der Waals surface area contributed by atoms with Crippen molar-refractivity contribution in [2.75, 3.05) is 5.32 Å². The molecule has 24 heavy (non-hydrogen) atoms. The highest BCUT2D eigenvalue weighted by atomic mass is 16.3. The number of carbonyl (C=O) groups excluding carboxylic acids is 1. The van der Waals surface area contributed by atoms with Crippen LogP contribution in [-0.4, -0.2) is 11.0 Å². The van der Waals surface area contributed by atoms with Gasteiger partial charge in [0.25, 0.3) is 5.91 Å². The average molecular weight is 315 g/mol. The number of phenols is 1. The van der Waals surface area contributed by atoms with Crippen molar-refractivity contribution < 1.29 is 9.90 Å². The van der Waals surface area contributed by atoms with Crippen LogP contribution in [0.15, 0.2) is 60.7 Å². The quantitative estimate of drug-likeness (QED) is 0.571. The standard InChI is InChI=1S/C21H17NO2/c1-13-6-2-5-9-18(13)22-21(24)20-17-12-14-7-3-4-8-15(14)16(17)10-11-19(20)23/h2-11,23H,12H2,1H3,(H,22,24). The van der Waals surface area contributed by atoms with E-state index in [1.165, 1.54) is 5.56 Å². The maximum Gasteiger partial charge on any atom is 0.259 e. The van der Waals surface area contributed by atoms with Crippen molar-refractivity contribution in [2.45, 2.75) is 13.3 Å². The van der Waals surface area contributed by atoms with Crippen LogP contribution >= 0.6 is 0 Å². The van der Waals surface area contributed by atoms with Gasteiger partial charge in [0.05, 0.1) is 5.56 Å². The molecule has 4 rings (SSSR count). The molecule has 0 heterocycles. The summed E-state index contributed by atoms with van der Waals surface area (Å²) in [6.45, 7) is 1.95. The zero-order valence-electron chi connectivity index (χ0n) is 13.3. The zero-order valence-corrected chi connectivity index (χ0v) is 13.3. The Balaban J connectivity index is 1.77. The number of fused-ring (bicyclic) bond motifs is 3. The van der Waals surface area contributed by atoms with Crippen molar-refractivity contribution in [3.63, 3.8) is 0 Å². The van der Waals surface area contributed by atoms with Crippen LogP contribution in [0, 0.1) is 6.92 Å². The lowest BCUT2D eigenvalue weighted by Gasteiger charge is -2.13. The molecule has 3 aromatic carbocycles. The first-order chi connectivity index (χ1) is 11.6. The van der Waals surface area contributed by atoms with E-state index in [1.54, 1.807) is 6.07 Å². The number of phenolic OH excluding ortho intramolecular Hbond substituents is 1. The summed E-state index contributed by atoms with van der Waals surface area (Å²) < 4.78 is 0. The highest BCUT2D eigenvalue weighted by Crippen LogP contribution is 2.41. The Morgan fingerprint density at radius 2 is 1.71 bits per heavy atom. The van der Waals surface area contributed by atoms with Gasteiger partial charge in [0, 0.05) is 5.69 Å². The molecule has 1 aliphatic rings. The summed E-state index contributed by atoms with van der Waals surface area (Å²) in [6.07, 6.45) is 0.663. The van der Waals surface area contributed by atoms with E-state index in [2.05, 4.69) is 17.4 Å². The predicted octanol–water partition coefficient (Wildman–Crippen LogP) is 4.52. The molecule has 0 aliphatic heterocycles. The first-order valence-corrected chi connectivity index (χ1v) is 7.95. The average Bonchev–Trinajstić information content (AvgIpc) is 2.95. The minimum Gasteiger partial charge on any atom is -0.507 e. The fourth-order valence-corrected chi connectivity index (χ4v) is 3.35. The number of rotatable bonds is 2. The van der Waals surface area contributed by atoms with Crippen LogP contribution < -0.4 is 5.32 Å². The van der Waals surface area contributed by atoms with E-state index in [0.717, 1.165) is 27.9 Å². The molecule has 0 fully saturated rings. The number of nitrogens with one attached hydrogen (secondary N) is 1. The number of carbonyl (C=O) groups is 1. The van der Waals surface area contributed by atoms with Gasteiger partial charge in [0.1, 0.15) is 5.75 Å². The second kappa shape index (κ2) is 5.53. The minimum atomic E-state index is -0.272. The molecule has 0 atom stereocenters. The molecule has 0 radical (unpaired) electrons. The molecule has 1 aliphatic carbocycles. The normalized spacial score (nSPS) is 11.7. The molecule has 3 nitrogen and oxygen atoms in total. The molecule has 3 heteroatoms. The van der Waals surface area contributed by atoms with Crippen LogP contribution in [0.4, 0.5) is 5.69 Å². The summed E-state index contributed by atoms with van der Waals surface area (Å²) >= 11 is 0. The molecular formula is C21H17NO2. The summed E-state index contributed by atoms with van der Waals surface area (Å²) in [6, 6.07) is 19.2. The Morgan fingerprint density at radius 3 is 2.54 bits per heavy atom. The summed E-state index contributed by atoms with van der Waals surface area (Å²) in [7, 11) is 0. The Kier molecular flexibility index (Phi) is 3.35. The molecule has 0 unspecified atom stereocenters. The lowest BCUT2D eigenvalue weighted by molar-refractivity contribution is 0.102. The van der Waals surface area contributed by atoms with Gasteiger partial charge < -0.3 is 10.4 Å². The van der Waals surface area contributed by atoms with Crippen molar-refractivity contribution in [1.82, 2.24) is 0 Å². The second-order valence-electron chi connectivity index (χ2n) is 6.09. The van der Waals surface area contributed by atoms with E-state index in [4.69, 9.17) is 0 Å². The van der Waals surface area contributed by atoms with E-state index in [9.17, 15) is 9.90 Å². The first-order valence-electron chi connectivity index (χ1n) is 7.95. The van der Waals surface area contributed by atoms with Crippen molar-refractivity contribution in [3.8, 4) is 16.9 Å². The van der Waals surface area contributed by atoms with Gasteiger partial charge in [-0.2, -0.15) is 0 Å². The van der Waals surface area contributed by atoms with E-state index >= 15 is 0 Å². The third-order valence-corrected chi connectivity index (χ3v) is 4.59. The Hall–Kier alpha value is -3.07. The lowest BCUT2D eigenvalue weighted by Crippen LogP contribution is -2.15. The monoisotopic (exact) mass is 315 g/mol. The van der Waals surface area contributed by atoms with Gasteiger partial charge in [-0.3, -0.25) is 4.79 Å². The molecule has 0 spiro atoms. The van der Waals surface area contributed by atoms with Gasteiger partial charge in [-0.05, 0) is 53.3 Å². The Bertz CT molecular complexity index is 960. The zero-order chi connectivity index (χ0) is 16.7. The van der Waals surface area contributed by atoms with E-state index in [1.807, 2.05) is 49.4 Å². The summed E-state index contributed by atoms with van der Waals surface area (Å²) in [5.74, 6) is -0.251. The summed E-state index contributed by atoms with van der Waals surface area (Å²) in [5, 5.41) is 13.2. The van der Waals surface area contributed by atoms with Gasteiger partial charge in [-0.1, -0.05) is 48.5 Å². The van der Waals surface area contributed by atoms with Crippen LogP contribution in [0.1, 0.15) is 27.0 Å². The fourth-order valence-electron chi connectivity index (χ4n) is 3.35. The highest BCUT2D eigenvalue weighted by molar-refractivity contribution is 6.09. The SMILES string of the molecule is Cc1ccccc1NC(=O)c1c(O)ccc2c1Cc1ccccc1-2. The molecule has 0 bridgehead atoms. The molecule has 0 saturated heterocycles. The van der Waals surface area contributed by atoms with Crippen LogP contribution in [-0.2, 0) is 6.42 Å². The summed E-state index contributed by atoms with van der Waals surface area (Å²) in [5.41, 5.74) is 6.35. The minimum absolute atomic E-state index is 0.0210. The third-order valence-electron chi connectivity index (χ3n) is 4.59. The number of hydrogen-bond acceptors (Lipinski definition) is 2. The Labute approximate surface area is 140 Å². The Morgan fingerprint density at radius 1 is 0.958 bits per heavy atom. The topological polar surface area (TPSA) is 49.3 Å². The molecule has 0 aromatic heterocycles. The van der Waals surface area contributed by atoms with Crippen molar-refractivity contribution >= 4 is 11.6 Å². The second-order valence-corrected chi connectivity index (χ2v) is 6.09. The maximum atomic E-state index is 12.8. The largest absolute Gasteiger partial charge is 0.507 e. The van der Waals surface area contributed by atoms with Crippen LogP contribution in [0.5, 0.6) is 5.75 Å². The third kappa shape index (κ3) is 2.26. The van der Waals surface area contributed by atoms with Gasteiger partial charge in [0.15, 0.2) is 0 Å². The number of aromatic hydroxyl groups is 1. The van der Waals surface area contributed by atoms with Crippen molar-refractivity contribution in [3.05, 3.63) is 82.9 Å². The number of benzene rings is 3. The number of para-hydroxylation sites is 1. The van der Waals surface area contributed by atoms with E-state index in [-0.39, 0.29) is 11.7 Å². The van der Waals surface area contributed by atoms with Gasteiger partial charge in [-0.25, -0.2) is 0 Å². The molecular weight excluding hydrogens is 298 g/mol. The molecule has 0 saturated carbocycles. The number of amides is 1. The van der Waals surface area contributed by atoms with Crippen LogP contribution in [0.25, 0.3) is 11.1 Å². The van der Waals surface area contributed by atoms with Crippen LogP contribution in [0.3, 0.4) is 0 Å². The number of aryl methyl sites for hydroxylation is 1. The fraction of sp³-hybridized carbons (Fsp3) is 0.0952. The van der Waals surface area contributed by atoms with Crippen molar-refractivity contribution in [2.24, 2.45) is 0 Å². The maximum absolute atomic E-state index is 12.8. The molecule has 118 valence electrons. The number of hydrogen-bond donors (Lipinski definition) is 2. The molecule has 2 N–H and O–H groups in total. The highest BCUT2D eigenvalue weighted by Gasteiger charge is 2.26. The van der Waals surface area contributed by atoms with Gasteiger partial charge >= 0.3 is 0 Å². The predicted molar refractivity (Wildman–Crippen MR) is 95.5 cm³/mol. The van der Waals surface area contributed by atoms with E-state index in [0.29, 0.717) is 12.0 Å². The smallest absolute Gasteiger partial charge is 0.259 e. The van der Waals surface area contributed by atoms with E-state index < -0.39 is 0 Å². The summed E-state index contributed by atoms with van der Waals surface area (Å²) in [4.78, 5) is 12.8. The number of anilines is 1. The lowest BCUT2D eigenvalue weighted by atomic mass is 9.99. The first kappa shape index (κ1) is 14.5. The molecule has 3 aromatic rings. The van der Waals surface area contributed by atoms with Gasteiger partial charge in [-0.15, -0.1) is 0 Å².